The third-order valence-electron chi connectivity index (χ3n) is 2.81. The molecule has 0 spiro atoms. The highest BCUT2D eigenvalue weighted by Crippen LogP contribution is 2.25. The van der Waals surface area contributed by atoms with Gasteiger partial charge in [-0.3, -0.25) is 0 Å². The number of hydrogen-bond donors (Lipinski definition) is 1. The summed E-state index contributed by atoms with van der Waals surface area (Å²) in [6.07, 6.45) is 0.926. The van der Waals surface area contributed by atoms with Crippen LogP contribution >= 0.6 is 23.1 Å². The molecule has 0 saturated heterocycles. The fourth-order valence-corrected chi connectivity index (χ4v) is 3.76. The van der Waals surface area contributed by atoms with E-state index in [9.17, 15) is 4.79 Å². The number of rotatable bonds is 7. The smallest absolute Gasteiger partial charge is 0.345 e. The van der Waals surface area contributed by atoms with Crippen molar-refractivity contribution in [3.63, 3.8) is 0 Å². The van der Waals surface area contributed by atoms with Crippen molar-refractivity contribution in [1.82, 2.24) is 0 Å². The minimum Gasteiger partial charge on any atom is -0.494 e. The molecule has 21 heavy (non-hydrogen) atoms. The maximum absolute atomic E-state index is 10.8. The number of benzene rings is 1. The van der Waals surface area contributed by atoms with E-state index in [1.807, 2.05) is 17.5 Å². The molecule has 1 N–H and O–H groups in total. The van der Waals surface area contributed by atoms with Crippen molar-refractivity contribution < 1.29 is 14.6 Å². The van der Waals surface area contributed by atoms with Crippen LogP contribution < -0.4 is 4.74 Å². The first-order valence-electron chi connectivity index (χ1n) is 6.70. The summed E-state index contributed by atoms with van der Waals surface area (Å²) in [5, 5.41) is 10.7. The van der Waals surface area contributed by atoms with Gasteiger partial charge in [0.1, 0.15) is 10.6 Å². The van der Waals surface area contributed by atoms with E-state index in [-0.39, 0.29) is 0 Å². The largest absolute Gasteiger partial charge is 0.494 e. The van der Waals surface area contributed by atoms with Crippen LogP contribution in [0.15, 0.2) is 34.5 Å². The summed E-state index contributed by atoms with van der Waals surface area (Å²) in [6.45, 7) is 4.80. The van der Waals surface area contributed by atoms with Gasteiger partial charge >= 0.3 is 5.97 Å². The van der Waals surface area contributed by atoms with Gasteiger partial charge in [-0.2, -0.15) is 0 Å². The topological polar surface area (TPSA) is 46.5 Å². The lowest BCUT2D eigenvalue weighted by Gasteiger charge is -2.07. The summed E-state index contributed by atoms with van der Waals surface area (Å²) in [5.74, 6) is 0.979. The first kappa shape index (κ1) is 15.9. The van der Waals surface area contributed by atoms with Gasteiger partial charge in [-0.15, -0.1) is 23.1 Å². The number of aromatic carboxylic acids is 1. The maximum Gasteiger partial charge on any atom is 0.345 e. The number of carbonyl (C=O) groups is 1. The van der Waals surface area contributed by atoms with E-state index in [0.29, 0.717) is 11.5 Å². The van der Waals surface area contributed by atoms with Gasteiger partial charge in [-0.1, -0.05) is 6.07 Å². The molecule has 0 bridgehead atoms. The molecule has 0 unspecified atom stereocenters. The van der Waals surface area contributed by atoms with Crippen molar-refractivity contribution in [2.75, 3.05) is 12.4 Å². The van der Waals surface area contributed by atoms with E-state index in [4.69, 9.17) is 9.84 Å². The zero-order valence-electron chi connectivity index (χ0n) is 12.1. The standard InChI is InChI=1S/C16H18O3S2/c1-11-6-12(2)8-13(7-11)19-4-3-5-20-14-9-15(16(17)18)21-10-14/h6-10H,3-5H2,1-2H3,(H,17,18). The van der Waals surface area contributed by atoms with Crippen LogP contribution in [-0.2, 0) is 0 Å². The number of carboxylic acid groups (broad SMARTS) is 1. The molecule has 0 aliphatic rings. The summed E-state index contributed by atoms with van der Waals surface area (Å²) in [5.41, 5.74) is 2.41. The number of aryl methyl sites for hydroxylation is 2. The van der Waals surface area contributed by atoms with E-state index in [2.05, 4.69) is 19.9 Å². The Morgan fingerprint density at radius 2 is 1.95 bits per heavy atom. The van der Waals surface area contributed by atoms with Gasteiger partial charge in [-0.05, 0) is 49.6 Å². The molecule has 0 fully saturated rings. The normalized spacial score (nSPS) is 10.6. The SMILES string of the molecule is Cc1cc(C)cc(OCCCSc2csc(C(=O)O)c2)c1. The highest BCUT2D eigenvalue weighted by Gasteiger charge is 2.06. The quantitative estimate of drug-likeness (QED) is 0.596. The van der Waals surface area contributed by atoms with Crippen molar-refractivity contribution in [3.05, 3.63) is 45.6 Å². The van der Waals surface area contributed by atoms with Gasteiger partial charge in [-0.25, -0.2) is 4.79 Å². The fraction of sp³-hybridized carbons (Fsp3) is 0.312. The number of ether oxygens (including phenoxy) is 1. The van der Waals surface area contributed by atoms with Crippen molar-refractivity contribution in [2.45, 2.75) is 25.2 Å². The summed E-state index contributed by atoms with van der Waals surface area (Å²) in [6, 6.07) is 7.93. The van der Waals surface area contributed by atoms with Crippen LogP contribution in [0.4, 0.5) is 0 Å². The Hall–Kier alpha value is -1.46. The van der Waals surface area contributed by atoms with Crippen LogP contribution in [0, 0.1) is 13.8 Å². The van der Waals surface area contributed by atoms with Crippen molar-refractivity contribution in [1.29, 1.82) is 0 Å². The van der Waals surface area contributed by atoms with Gasteiger partial charge in [0.2, 0.25) is 0 Å². The van der Waals surface area contributed by atoms with Crippen LogP contribution in [0.3, 0.4) is 0 Å². The molecule has 0 atom stereocenters. The Kier molecular flexibility index (Phi) is 5.70. The van der Waals surface area contributed by atoms with Crippen LogP contribution in [0.2, 0.25) is 0 Å². The first-order valence-corrected chi connectivity index (χ1v) is 8.57. The Morgan fingerprint density at radius 1 is 1.24 bits per heavy atom. The summed E-state index contributed by atoms with van der Waals surface area (Å²) in [4.78, 5) is 12.2. The van der Waals surface area contributed by atoms with E-state index in [1.165, 1.54) is 22.5 Å². The molecule has 112 valence electrons. The van der Waals surface area contributed by atoms with Gasteiger partial charge in [0, 0.05) is 16.0 Å². The average molecular weight is 322 g/mol. The molecular formula is C16H18O3S2. The lowest BCUT2D eigenvalue weighted by atomic mass is 10.1. The predicted molar refractivity (Wildman–Crippen MR) is 88.0 cm³/mol. The molecule has 2 rings (SSSR count). The summed E-state index contributed by atoms with van der Waals surface area (Å²) < 4.78 is 5.74. The zero-order valence-corrected chi connectivity index (χ0v) is 13.7. The third-order valence-corrected chi connectivity index (χ3v) is 4.94. The Labute approximate surface area is 133 Å². The van der Waals surface area contributed by atoms with Crippen LogP contribution in [-0.4, -0.2) is 23.4 Å². The highest BCUT2D eigenvalue weighted by molar-refractivity contribution is 7.99. The average Bonchev–Trinajstić information content (AvgIpc) is 2.86. The van der Waals surface area contributed by atoms with Gasteiger partial charge in [0.15, 0.2) is 0 Å². The number of thiophene rings is 1. The third kappa shape index (κ3) is 5.10. The highest BCUT2D eigenvalue weighted by atomic mass is 32.2. The van der Waals surface area contributed by atoms with E-state index >= 15 is 0 Å². The number of carboxylic acids is 1. The van der Waals surface area contributed by atoms with Gasteiger partial charge < -0.3 is 9.84 Å². The summed E-state index contributed by atoms with van der Waals surface area (Å²) in [7, 11) is 0. The lowest BCUT2D eigenvalue weighted by molar-refractivity contribution is 0.0702. The van der Waals surface area contributed by atoms with Crippen molar-refractivity contribution in [2.24, 2.45) is 0 Å². The van der Waals surface area contributed by atoms with Crippen molar-refractivity contribution in [3.8, 4) is 5.75 Å². The Balaban J connectivity index is 1.71. The second-order valence-corrected chi connectivity index (χ2v) is 6.91. The van der Waals surface area contributed by atoms with E-state index in [1.54, 1.807) is 17.8 Å². The molecule has 0 amide bonds. The van der Waals surface area contributed by atoms with Crippen LogP contribution in [0.25, 0.3) is 0 Å². The molecule has 0 radical (unpaired) electrons. The molecule has 1 heterocycles. The maximum atomic E-state index is 10.8. The van der Waals surface area contributed by atoms with Gasteiger partial charge in [0.25, 0.3) is 0 Å². The Bertz CT molecular complexity index is 599. The fourth-order valence-electron chi connectivity index (χ4n) is 1.96. The molecule has 1 aromatic carbocycles. The lowest BCUT2D eigenvalue weighted by Crippen LogP contribution is -1.99. The zero-order chi connectivity index (χ0) is 15.2. The summed E-state index contributed by atoms with van der Waals surface area (Å²) >= 11 is 2.94. The molecule has 5 heteroatoms. The minimum absolute atomic E-state index is 0.393. The predicted octanol–water partition coefficient (Wildman–Crippen LogP) is 4.62. The monoisotopic (exact) mass is 322 g/mol. The molecule has 0 aliphatic heterocycles. The van der Waals surface area contributed by atoms with Gasteiger partial charge in [0.05, 0.1) is 6.61 Å². The molecule has 0 saturated carbocycles. The van der Waals surface area contributed by atoms with Crippen molar-refractivity contribution >= 4 is 29.1 Å². The Morgan fingerprint density at radius 3 is 2.57 bits per heavy atom. The first-order chi connectivity index (χ1) is 10.0. The van der Waals surface area contributed by atoms with E-state index < -0.39 is 5.97 Å². The van der Waals surface area contributed by atoms with Crippen LogP contribution in [0.5, 0.6) is 5.75 Å². The van der Waals surface area contributed by atoms with Crippen LogP contribution in [0.1, 0.15) is 27.2 Å². The number of hydrogen-bond acceptors (Lipinski definition) is 4. The van der Waals surface area contributed by atoms with E-state index in [0.717, 1.165) is 22.8 Å². The molecule has 1 aromatic heterocycles. The number of thioether (sulfide) groups is 1. The molecule has 0 aliphatic carbocycles. The molecule has 2 aromatic rings. The molecular weight excluding hydrogens is 304 g/mol. The second kappa shape index (κ2) is 7.52. The molecule has 3 nitrogen and oxygen atoms in total. The minimum atomic E-state index is -0.856. The second-order valence-electron chi connectivity index (χ2n) is 4.83.